The second kappa shape index (κ2) is 5.56. The molecule has 5 heteroatoms. The Labute approximate surface area is 112 Å². The van der Waals surface area contributed by atoms with E-state index in [-0.39, 0.29) is 17.6 Å². The smallest absolute Gasteiger partial charge is 0.274 e. The molecule has 2 rings (SSSR count). The molecule has 1 heterocycles. The lowest BCUT2D eigenvalue weighted by Crippen LogP contribution is -2.34. The Morgan fingerprint density at radius 1 is 1.42 bits per heavy atom. The fourth-order valence-corrected chi connectivity index (χ4v) is 1.92. The van der Waals surface area contributed by atoms with Crippen molar-refractivity contribution in [2.45, 2.75) is 26.3 Å². The van der Waals surface area contributed by atoms with E-state index in [0.717, 1.165) is 6.42 Å². The number of hydrogen-bond acceptors (Lipinski definition) is 3. The lowest BCUT2D eigenvalue weighted by atomic mass is 10.1. The van der Waals surface area contributed by atoms with E-state index in [4.69, 9.17) is 5.73 Å². The number of nitrogens with zero attached hydrogens (tertiary/aromatic N) is 1. The second-order valence-corrected chi connectivity index (χ2v) is 4.68. The van der Waals surface area contributed by atoms with E-state index in [9.17, 15) is 4.79 Å². The number of H-pyrrole nitrogens is 1. The first-order chi connectivity index (χ1) is 9.08. The lowest BCUT2D eigenvalue weighted by molar-refractivity contribution is 0.0936. The van der Waals surface area contributed by atoms with E-state index in [1.807, 2.05) is 37.3 Å². The standard InChI is InChI=1S/C14H18N4O/c1-9(8-11-6-4-3-5-7-11)16-14(19)13-12(15)10(2)17-18-13/h3-7,9H,8,15H2,1-2H3,(H,16,19)(H,17,18). The van der Waals surface area contributed by atoms with Gasteiger partial charge in [-0.05, 0) is 25.8 Å². The van der Waals surface area contributed by atoms with Crippen LogP contribution in [0.1, 0.15) is 28.7 Å². The molecule has 1 unspecified atom stereocenters. The Kier molecular flexibility index (Phi) is 3.85. The summed E-state index contributed by atoms with van der Waals surface area (Å²) >= 11 is 0. The van der Waals surface area contributed by atoms with Crippen molar-refractivity contribution < 1.29 is 4.79 Å². The highest BCUT2D eigenvalue weighted by molar-refractivity contribution is 5.97. The highest BCUT2D eigenvalue weighted by Crippen LogP contribution is 2.12. The van der Waals surface area contributed by atoms with Gasteiger partial charge in [-0.15, -0.1) is 0 Å². The van der Waals surface area contributed by atoms with Gasteiger partial charge in [0.2, 0.25) is 0 Å². The Bertz CT molecular complexity index is 562. The van der Waals surface area contributed by atoms with E-state index in [1.54, 1.807) is 6.92 Å². The van der Waals surface area contributed by atoms with Crippen molar-refractivity contribution in [2.24, 2.45) is 0 Å². The molecule has 100 valence electrons. The van der Waals surface area contributed by atoms with Gasteiger partial charge in [-0.25, -0.2) is 0 Å². The molecule has 0 aliphatic carbocycles. The number of carbonyl (C=O) groups excluding carboxylic acids is 1. The summed E-state index contributed by atoms with van der Waals surface area (Å²) in [5.74, 6) is -0.245. The number of carbonyl (C=O) groups is 1. The number of benzene rings is 1. The van der Waals surface area contributed by atoms with E-state index < -0.39 is 0 Å². The van der Waals surface area contributed by atoms with Gasteiger partial charge in [-0.2, -0.15) is 5.10 Å². The predicted molar refractivity (Wildman–Crippen MR) is 74.8 cm³/mol. The third-order valence-corrected chi connectivity index (χ3v) is 2.97. The van der Waals surface area contributed by atoms with E-state index in [2.05, 4.69) is 15.5 Å². The number of hydrogen-bond donors (Lipinski definition) is 3. The second-order valence-electron chi connectivity index (χ2n) is 4.68. The van der Waals surface area contributed by atoms with Gasteiger partial charge in [0.05, 0.1) is 11.4 Å². The van der Waals surface area contributed by atoms with Crippen LogP contribution in [-0.4, -0.2) is 22.1 Å². The van der Waals surface area contributed by atoms with E-state index in [1.165, 1.54) is 5.56 Å². The molecule has 0 saturated carbocycles. The van der Waals surface area contributed by atoms with Crippen molar-refractivity contribution in [2.75, 3.05) is 5.73 Å². The molecule has 0 spiro atoms. The van der Waals surface area contributed by atoms with Crippen molar-refractivity contribution in [1.29, 1.82) is 0 Å². The Balaban J connectivity index is 1.97. The Hall–Kier alpha value is -2.30. The summed E-state index contributed by atoms with van der Waals surface area (Å²) in [6, 6.07) is 10.0. The number of aromatic amines is 1. The molecule has 0 aliphatic heterocycles. The van der Waals surface area contributed by atoms with Crippen LogP contribution < -0.4 is 11.1 Å². The minimum absolute atomic E-state index is 0.0197. The lowest BCUT2D eigenvalue weighted by Gasteiger charge is -2.13. The highest BCUT2D eigenvalue weighted by Gasteiger charge is 2.17. The van der Waals surface area contributed by atoms with Crippen molar-refractivity contribution in [3.8, 4) is 0 Å². The predicted octanol–water partition coefficient (Wildman–Crippen LogP) is 1.66. The van der Waals surface area contributed by atoms with Crippen LogP contribution in [0, 0.1) is 6.92 Å². The number of nitrogen functional groups attached to an aromatic ring is 1. The Morgan fingerprint density at radius 3 is 2.68 bits per heavy atom. The summed E-state index contributed by atoms with van der Waals surface area (Å²) in [7, 11) is 0. The zero-order valence-corrected chi connectivity index (χ0v) is 11.1. The highest BCUT2D eigenvalue weighted by atomic mass is 16.2. The van der Waals surface area contributed by atoms with Crippen LogP contribution in [0.2, 0.25) is 0 Å². The summed E-state index contributed by atoms with van der Waals surface area (Å²) in [6.45, 7) is 3.74. The monoisotopic (exact) mass is 258 g/mol. The molecular weight excluding hydrogens is 240 g/mol. The van der Waals surface area contributed by atoms with Gasteiger partial charge in [0.1, 0.15) is 0 Å². The SMILES string of the molecule is Cc1[nH]nc(C(=O)NC(C)Cc2ccccc2)c1N. The minimum Gasteiger partial charge on any atom is -0.395 e. The van der Waals surface area contributed by atoms with Gasteiger partial charge in [-0.3, -0.25) is 9.89 Å². The number of nitrogens with two attached hydrogens (primary N) is 1. The van der Waals surface area contributed by atoms with E-state index >= 15 is 0 Å². The first kappa shape index (κ1) is 13.1. The number of aromatic nitrogens is 2. The zero-order chi connectivity index (χ0) is 13.8. The first-order valence-electron chi connectivity index (χ1n) is 6.23. The average molecular weight is 258 g/mol. The average Bonchev–Trinajstić information content (AvgIpc) is 2.71. The maximum absolute atomic E-state index is 12.0. The van der Waals surface area contributed by atoms with Crippen LogP contribution in [0.25, 0.3) is 0 Å². The van der Waals surface area contributed by atoms with Gasteiger partial charge >= 0.3 is 0 Å². The quantitative estimate of drug-likeness (QED) is 0.779. The van der Waals surface area contributed by atoms with Gasteiger partial charge in [0.15, 0.2) is 5.69 Å². The van der Waals surface area contributed by atoms with Crippen molar-refractivity contribution >= 4 is 11.6 Å². The fraction of sp³-hybridized carbons (Fsp3) is 0.286. The molecule has 2 aromatic rings. The Morgan fingerprint density at radius 2 is 2.11 bits per heavy atom. The molecule has 0 aliphatic rings. The normalized spacial score (nSPS) is 12.1. The number of amides is 1. The summed E-state index contributed by atoms with van der Waals surface area (Å²) < 4.78 is 0. The van der Waals surface area contributed by atoms with Crippen molar-refractivity contribution in [3.63, 3.8) is 0 Å². The number of rotatable bonds is 4. The van der Waals surface area contributed by atoms with Crippen molar-refractivity contribution in [3.05, 3.63) is 47.3 Å². The zero-order valence-electron chi connectivity index (χ0n) is 11.1. The molecule has 0 saturated heterocycles. The molecule has 5 nitrogen and oxygen atoms in total. The fourth-order valence-electron chi connectivity index (χ4n) is 1.92. The molecule has 1 atom stereocenters. The third-order valence-electron chi connectivity index (χ3n) is 2.97. The number of anilines is 1. The van der Waals surface area contributed by atoms with E-state index in [0.29, 0.717) is 11.4 Å². The van der Waals surface area contributed by atoms with Crippen LogP contribution in [0.4, 0.5) is 5.69 Å². The molecule has 1 amide bonds. The first-order valence-corrected chi connectivity index (χ1v) is 6.23. The molecule has 19 heavy (non-hydrogen) atoms. The molecule has 0 radical (unpaired) electrons. The van der Waals surface area contributed by atoms with Crippen LogP contribution >= 0.6 is 0 Å². The topological polar surface area (TPSA) is 83.8 Å². The number of aryl methyl sites for hydroxylation is 1. The van der Waals surface area contributed by atoms with Crippen LogP contribution in [-0.2, 0) is 6.42 Å². The minimum atomic E-state index is -0.245. The molecule has 4 N–H and O–H groups in total. The summed E-state index contributed by atoms with van der Waals surface area (Å²) in [5.41, 5.74) is 8.34. The van der Waals surface area contributed by atoms with Gasteiger partial charge in [0, 0.05) is 6.04 Å². The van der Waals surface area contributed by atoms with Gasteiger partial charge < -0.3 is 11.1 Å². The summed E-state index contributed by atoms with van der Waals surface area (Å²) in [4.78, 5) is 12.0. The van der Waals surface area contributed by atoms with Gasteiger partial charge in [-0.1, -0.05) is 30.3 Å². The van der Waals surface area contributed by atoms with Crippen LogP contribution in [0.15, 0.2) is 30.3 Å². The molecule has 0 fully saturated rings. The summed E-state index contributed by atoms with van der Waals surface area (Å²) in [5, 5.41) is 9.52. The molecule has 1 aromatic carbocycles. The third kappa shape index (κ3) is 3.13. The van der Waals surface area contributed by atoms with Crippen molar-refractivity contribution in [1.82, 2.24) is 15.5 Å². The largest absolute Gasteiger partial charge is 0.395 e. The molecule has 0 bridgehead atoms. The van der Waals surface area contributed by atoms with Crippen LogP contribution in [0.5, 0.6) is 0 Å². The number of nitrogens with one attached hydrogen (secondary N) is 2. The molecule has 1 aromatic heterocycles. The van der Waals surface area contributed by atoms with Gasteiger partial charge in [0.25, 0.3) is 5.91 Å². The summed E-state index contributed by atoms with van der Waals surface area (Å²) in [6.07, 6.45) is 0.774. The molecular formula is C14H18N4O. The van der Waals surface area contributed by atoms with Crippen LogP contribution in [0.3, 0.4) is 0 Å². The maximum Gasteiger partial charge on any atom is 0.274 e. The maximum atomic E-state index is 12.0.